The van der Waals surface area contributed by atoms with Crippen molar-refractivity contribution in [2.75, 3.05) is 32.2 Å². The van der Waals surface area contributed by atoms with Gasteiger partial charge in [0.1, 0.15) is 23.6 Å². The molecule has 0 radical (unpaired) electrons. The second-order valence-corrected chi connectivity index (χ2v) is 6.34. The van der Waals surface area contributed by atoms with Gasteiger partial charge in [-0.3, -0.25) is 9.36 Å². The van der Waals surface area contributed by atoms with Crippen molar-refractivity contribution >= 4 is 27.6 Å². The van der Waals surface area contributed by atoms with E-state index in [4.69, 9.17) is 25.4 Å². The third kappa shape index (κ3) is 4.87. The normalized spacial score (nSPS) is 13.8. The van der Waals surface area contributed by atoms with Crippen molar-refractivity contribution in [3.63, 3.8) is 0 Å². The van der Waals surface area contributed by atoms with Crippen molar-refractivity contribution in [3.05, 3.63) is 9.67 Å². The molecule has 0 aliphatic rings. The van der Waals surface area contributed by atoms with Crippen LogP contribution in [0, 0.1) is 0 Å². The van der Waals surface area contributed by atoms with E-state index in [1.54, 1.807) is 0 Å². The van der Waals surface area contributed by atoms with Crippen LogP contribution < -0.4 is 15.3 Å². The van der Waals surface area contributed by atoms with Crippen LogP contribution in [-0.2, 0) is 11.5 Å². The molecular formula is C14H22N4O7S. The van der Waals surface area contributed by atoms with Crippen molar-refractivity contribution in [1.29, 1.82) is 0 Å². The summed E-state index contributed by atoms with van der Waals surface area (Å²) in [6.45, 7) is -1.08. The summed E-state index contributed by atoms with van der Waals surface area (Å²) in [4.78, 5) is 19.9. The fourth-order valence-corrected chi connectivity index (χ4v) is 2.97. The number of rotatable bonds is 11. The average molecular weight is 390 g/mol. The number of aliphatic hydroxyl groups is 4. The third-order valence-corrected chi connectivity index (χ3v) is 4.46. The summed E-state index contributed by atoms with van der Waals surface area (Å²) in [5.74, 6) is 0.0794. The summed E-state index contributed by atoms with van der Waals surface area (Å²) in [5, 5.41) is 36.5. The highest BCUT2D eigenvalue weighted by Crippen LogP contribution is 2.26. The molecule has 6 N–H and O–H groups in total. The second-order valence-electron chi connectivity index (χ2n) is 5.38. The van der Waals surface area contributed by atoms with E-state index in [2.05, 4.69) is 9.97 Å². The Labute approximate surface area is 152 Å². The molecule has 0 aliphatic carbocycles. The molecule has 0 saturated carbocycles. The number of nitrogens with two attached hydrogens (primary N) is 1. The first-order chi connectivity index (χ1) is 12.5. The first kappa shape index (κ1) is 20.5. The molecule has 0 spiro atoms. The van der Waals surface area contributed by atoms with Crippen LogP contribution in [0.2, 0.25) is 0 Å². The quantitative estimate of drug-likeness (QED) is 0.278. The summed E-state index contributed by atoms with van der Waals surface area (Å²) in [6, 6.07) is 0. The Balaban J connectivity index is 2.24. The molecule has 0 fully saturated rings. The summed E-state index contributed by atoms with van der Waals surface area (Å²) in [7, 11) is 0. The fourth-order valence-electron chi connectivity index (χ4n) is 2.10. The van der Waals surface area contributed by atoms with Crippen LogP contribution in [-0.4, -0.2) is 73.6 Å². The monoisotopic (exact) mass is 390 g/mol. The largest absolute Gasteiger partial charge is 0.476 e. The maximum atomic E-state index is 12.2. The minimum atomic E-state index is -1.29. The number of fused-ring (bicyclic) bond motifs is 1. The standard InChI is InChI=1S/C14H22N4O7S/c15-13-16-11-10(12(17-13)24-4-2-1-3-19)26-14(23)18(11)7-25-9(6-21)8(22)5-20/h8-9,19-22H,1-7H2,(H2,15,16,17)/t8-,9+/m0/s1. The topological polar surface area (TPSA) is 173 Å². The number of unbranched alkanes of at least 4 members (excludes halogenated alkanes) is 1. The number of hydrogen-bond acceptors (Lipinski definition) is 11. The minimum absolute atomic E-state index is 0.0530. The van der Waals surface area contributed by atoms with Gasteiger partial charge in [-0.1, -0.05) is 11.3 Å². The molecule has 11 nitrogen and oxygen atoms in total. The molecule has 2 aromatic rings. The van der Waals surface area contributed by atoms with Gasteiger partial charge in [-0.05, 0) is 12.8 Å². The Hall–Kier alpha value is -1.83. The molecule has 0 aliphatic heterocycles. The Morgan fingerprint density at radius 3 is 2.62 bits per heavy atom. The smallest absolute Gasteiger partial charge is 0.311 e. The molecular weight excluding hydrogens is 368 g/mol. The van der Waals surface area contributed by atoms with Crippen LogP contribution in [0.3, 0.4) is 0 Å². The van der Waals surface area contributed by atoms with Crippen LogP contribution >= 0.6 is 11.3 Å². The van der Waals surface area contributed by atoms with Gasteiger partial charge in [0.2, 0.25) is 11.8 Å². The van der Waals surface area contributed by atoms with E-state index in [0.717, 1.165) is 11.3 Å². The average Bonchev–Trinajstić information content (AvgIpc) is 2.94. The molecule has 0 amide bonds. The number of aliphatic hydroxyl groups excluding tert-OH is 4. The zero-order chi connectivity index (χ0) is 19.1. The molecule has 0 aromatic carbocycles. The number of nitrogens with zero attached hydrogens (tertiary/aromatic N) is 3. The van der Waals surface area contributed by atoms with E-state index in [-0.39, 0.29) is 30.8 Å². The van der Waals surface area contributed by atoms with Crippen molar-refractivity contribution in [1.82, 2.24) is 14.5 Å². The summed E-state index contributed by atoms with van der Waals surface area (Å²) < 4.78 is 12.4. The van der Waals surface area contributed by atoms with E-state index >= 15 is 0 Å². The van der Waals surface area contributed by atoms with Crippen molar-refractivity contribution in [3.8, 4) is 5.88 Å². The van der Waals surface area contributed by atoms with Gasteiger partial charge in [-0.25, -0.2) is 0 Å². The van der Waals surface area contributed by atoms with E-state index in [0.29, 0.717) is 24.1 Å². The van der Waals surface area contributed by atoms with Gasteiger partial charge >= 0.3 is 4.87 Å². The highest BCUT2D eigenvalue weighted by molar-refractivity contribution is 7.16. The van der Waals surface area contributed by atoms with E-state index in [1.165, 1.54) is 4.57 Å². The molecule has 2 aromatic heterocycles. The predicted molar refractivity (Wildman–Crippen MR) is 93.0 cm³/mol. The van der Waals surface area contributed by atoms with E-state index in [1.807, 2.05) is 0 Å². The summed E-state index contributed by atoms with van der Waals surface area (Å²) in [6.07, 6.45) is -1.16. The number of hydrogen-bond donors (Lipinski definition) is 5. The van der Waals surface area contributed by atoms with Gasteiger partial charge < -0.3 is 35.6 Å². The first-order valence-corrected chi connectivity index (χ1v) is 8.75. The van der Waals surface area contributed by atoms with Gasteiger partial charge in [-0.15, -0.1) is 0 Å². The summed E-state index contributed by atoms with van der Waals surface area (Å²) in [5.41, 5.74) is 5.89. The van der Waals surface area contributed by atoms with Crippen LogP contribution in [0.25, 0.3) is 10.3 Å². The molecule has 26 heavy (non-hydrogen) atoms. The Morgan fingerprint density at radius 1 is 1.19 bits per heavy atom. The lowest BCUT2D eigenvalue weighted by molar-refractivity contribution is -0.100. The number of nitrogen functional groups attached to an aromatic ring is 1. The molecule has 146 valence electrons. The van der Waals surface area contributed by atoms with Gasteiger partial charge in [-0.2, -0.15) is 9.97 Å². The van der Waals surface area contributed by atoms with E-state index < -0.39 is 30.3 Å². The SMILES string of the molecule is Nc1nc(OCCCCO)c2sc(=O)n(CO[C@H](CO)[C@@H](O)CO)c2n1. The van der Waals surface area contributed by atoms with Crippen molar-refractivity contribution in [2.24, 2.45) is 0 Å². The van der Waals surface area contributed by atoms with Crippen LogP contribution in [0.15, 0.2) is 4.79 Å². The Kier molecular flexibility index (Phi) is 7.68. The van der Waals surface area contributed by atoms with Gasteiger partial charge in [0.05, 0.1) is 19.8 Å². The highest BCUT2D eigenvalue weighted by atomic mass is 32.1. The van der Waals surface area contributed by atoms with Gasteiger partial charge in [0.25, 0.3) is 0 Å². The molecule has 2 rings (SSSR count). The molecule has 0 saturated heterocycles. The molecule has 0 unspecified atom stereocenters. The van der Waals surface area contributed by atoms with Gasteiger partial charge in [0, 0.05) is 6.61 Å². The summed E-state index contributed by atoms with van der Waals surface area (Å²) >= 11 is 0.849. The molecule has 2 heterocycles. The predicted octanol–water partition coefficient (Wildman–Crippen LogP) is -1.73. The number of aromatic nitrogens is 3. The Bertz CT molecular complexity index is 766. The van der Waals surface area contributed by atoms with Gasteiger partial charge in [0.15, 0.2) is 5.65 Å². The third-order valence-electron chi connectivity index (χ3n) is 3.50. The van der Waals surface area contributed by atoms with E-state index in [9.17, 15) is 15.0 Å². The van der Waals surface area contributed by atoms with Crippen LogP contribution in [0.4, 0.5) is 5.95 Å². The highest BCUT2D eigenvalue weighted by Gasteiger charge is 2.21. The first-order valence-electron chi connectivity index (χ1n) is 7.93. The van der Waals surface area contributed by atoms with Crippen molar-refractivity contribution in [2.45, 2.75) is 31.8 Å². The van der Waals surface area contributed by atoms with Crippen LogP contribution in [0.5, 0.6) is 5.88 Å². The lowest BCUT2D eigenvalue weighted by atomic mass is 10.2. The number of ether oxygens (including phenoxy) is 2. The maximum Gasteiger partial charge on any atom is 0.311 e. The zero-order valence-corrected chi connectivity index (χ0v) is 14.8. The lowest BCUT2D eigenvalue weighted by Gasteiger charge is -2.19. The van der Waals surface area contributed by atoms with Crippen LogP contribution in [0.1, 0.15) is 12.8 Å². The lowest BCUT2D eigenvalue weighted by Crippen LogP contribution is -2.36. The minimum Gasteiger partial charge on any atom is -0.476 e. The molecule has 12 heteroatoms. The second kappa shape index (κ2) is 9.75. The fraction of sp³-hybridized carbons (Fsp3) is 0.643. The number of thiazole rings is 1. The molecule has 2 atom stereocenters. The molecule has 0 bridgehead atoms. The number of anilines is 1. The maximum absolute atomic E-state index is 12.2. The van der Waals surface area contributed by atoms with Crippen molar-refractivity contribution < 1.29 is 29.9 Å². The Morgan fingerprint density at radius 2 is 1.96 bits per heavy atom. The zero-order valence-electron chi connectivity index (χ0n) is 13.9.